The zero-order valence-electron chi connectivity index (χ0n) is 17.7. The molecule has 0 bridgehead atoms. The monoisotopic (exact) mass is 558 g/mol. The van der Waals surface area contributed by atoms with Crippen LogP contribution in [0.3, 0.4) is 0 Å². The number of hydrazone groups is 1. The molecule has 172 valence electrons. The van der Waals surface area contributed by atoms with Gasteiger partial charge in [-0.05, 0) is 48.7 Å². The fourth-order valence-electron chi connectivity index (χ4n) is 4.23. The van der Waals surface area contributed by atoms with E-state index in [0.717, 1.165) is 41.7 Å². The highest BCUT2D eigenvalue weighted by molar-refractivity contribution is 9.10. The molecule has 0 radical (unpaired) electrons. The van der Waals surface area contributed by atoms with E-state index in [9.17, 15) is 4.79 Å². The standard InChI is InChI=1S/C23H25BrCl2N4O.ClH/c1-15-21(23(31)28-29-12-4-2-3-5-13-29)27-30(20-11-10-18(25)14-19(20)26)22(15)16-6-8-17(24)9-7-16;/h6-11,14-15,22H,2-5,12-13H2,1H3,(H,28,31);1H/t15-,22+;/m0./s1. The second-order valence-electron chi connectivity index (χ2n) is 8.05. The van der Waals surface area contributed by atoms with Crippen molar-refractivity contribution in [2.75, 3.05) is 18.1 Å². The Bertz CT molecular complexity index is 978. The van der Waals surface area contributed by atoms with Gasteiger partial charge >= 0.3 is 0 Å². The zero-order chi connectivity index (χ0) is 22.0. The van der Waals surface area contributed by atoms with E-state index < -0.39 is 0 Å². The Labute approximate surface area is 213 Å². The topological polar surface area (TPSA) is 47.9 Å². The SMILES string of the molecule is C[C@H]1C(C(=O)NN2CCCCCC2)=NN(c2ccc(Cl)cc2Cl)[C@H]1c1ccc(Br)cc1.Cl. The maximum atomic E-state index is 13.2. The Kier molecular flexibility index (Phi) is 8.87. The van der Waals surface area contributed by atoms with Crippen molar-refractivity contribution in [2.24, 2.45) is 11.0 Å². The van der Waals surface area contributed by atoms with Crippen LogP contribution in [0.1, 0.15) is 44.2 Å². The Morgan fingerprint density at radius 1 is 1.06 bits per heavy atom. The van der Waals surface area contributed by atoms with Crippen LogP contribution >= 0.6 is 51.5 Å². The molecule has 2 atom stereocenters. The van der Waals surface area contributed by atoms with Crippen LogP contribution in [0.4, 0.5) is 5.69 Å². The average molecular weight is 561 g/mol. The fraction of sp³-hybridized carbons (Fsp3) is 0.391. The highest BCUT2D eigenvalue weighted by Crippen LogP contribution is 2.42. The largest absolute Gasteiger partial charge is 0.284 e. The lowest BCUT2D eigenvalue weighted by atomic mass is 9.91. The summed E-state index contributed by atoms with van der Waals surface area (Å²) in [6.07, 6.45) is 4.60. The lowest BCUT2D eigenvalue weighted by Crippen LogP contribution is -2.46. The second-order valence-corrected chi connectivity index (χ2v) is 9.81. The summed E-state index contributed by atoms with van der Waals surface area (Å²) >= 11 is 16.1. The van der Waals surface area contributed by atoms with Gasteiger partial charge in [-0.15, -0.1) is 12.4 Å². The van der Waals surface area contributed by atoms with Crippen LogP contribution in [0.15, 0.2) is 52.0 Å². The van der Waals surface area contributed by atoms with Crippen LogP contribution < -0.4 is 10.4 Å². The lowest BCUT2D eigenvalue weighted by Gasteiger charge is -2.28. The molecule has 1 fully saturated rings. The third-order valence-electron chi connectivity index (χ3n) is 5.85. The number of nitrogens with zero attached hydrogens (tertiary/aromatic N) is 3. The molecule has 2 aromatic carbocycles. The molecule has 1 amide bonds. The summed E-state index contributed by atoms with van der Waals surface area (Å²) in [5.74, 6) is -0.274. The number of benzene rings is 2. The molecule has 4 rings (SSSR count). The first-order valence-corrected chi connectivity index (χ1v) is 12.1. The summed E-state index contributed by atoms with van der Waals surface area (Å²) in [6.45, 7) is 3.78. The van der Waals surface area contributed by atoms with Crippen LogP contribution in [0.2, 0.25) is 10.0 Å². The molecule has 9 heteroatoms. The van der Waals surface area contributed by atoms with E-state index in [2.05, 4.69) is 21.4 Å². The van der Waals surface area contributed by atoms with Crippen LogP contribution in [-0.2, 0) is 4.79 Å². The number of halogens is 4. The Balaban J connectivity index is 0.00000289. The van der Waals surface area contributed by atoms with E-state index >= 15 is 0 Å². The summed E-state index contributed by atoms with van der Waals surface area (Å²) in [5.41, 5.74) is 5.37. The van der Waals surface area contributed by atoms with Crippen molar-refractivity contribution in [1.82, 2.24) is 10.4 Å². The van der Waals surface area contributed by atoms with Gasteiger partial charge in [0.1, 0.15) is 5.71 Å². The Morgan fingerprint density at radius 3 is 2.34 bits per heavy atom. The van der Waals surface area contributed by atoms with Gasteiger partial charge in [-0.3, -0.25) is 15.2 Å². The van der Waals surface area contributed by atoms with E-state index in [1.165, 1.54) is 12.8 Å². The highest BCUT2D eigenvalue weighted by atomic mass is 79.9. The lowest BCUT2D eigenvalue weighted by molar-refractivity contribution is -0.119. The number of nitrogens with one attached hydrogen (secondary N) is 1. The van der Waals surface area contributed by atoms with Gasteiger partial charge in [-0.2, -0.15) is 5.10 Å². The van der Waals surface area contributed by atoms with E-state index in [4.69, 9.17) is 28.3 Å². The molecule has 2 heterocycles. The summed E-state index contributed by atoms with van der Waals surface area (Å²) in [6, 6.07) is 13.3. The maximum absolute atomic E-state index is 13.2. The molecule has 32 heavy (non-hydrogen) atoms. The van der Waals surface area contributed by atoms with Crippen molar-refractivity contribution in [3.05, 3.63) is 62.5 Å². The molecule has 0 saturated carbocycles. The minimum Gasteiger partial charge on any atom is -0.284 e. The summed E-state index contributed by atoms with van der Waals surface area (Å²) < 4.78 is 0.998. The number of hydrazine groups is 1. The number of carbonyl (C=O) groups excluding carboxylic acids is 1. The van der Waals surface area contributed by atoms with Gasteiger partial charge in [0.05, 0.1) is 16.8 Å². The van der Waals surface area contributed by atoms with E-state index in [-0.39, 0.29) is 30.3 Å². The molecule has 0 unspecified atom stereocenters. The molecule has 0 aliphatic carbocycles. The molecule has 5 nitrogen and oxygen atoms in total. The second kappa shape index (κ2) is 11.2. The Morgan fingerprint density at radius 2 is 1.72 bits per heavy atom. The van der Waals surface area contributed by atoms with E-state index in [1.807, 2.05) is 47.3 Å². The quantitative estimate of drug-likeness (QED) is 0.456. The summed E-state index contributed by atoms with van der Waals surface area (Å²) in [7, 11) is 0. The zero-order valence-corrected chi connectivity index (χ0v) is 21.6. The van der Waals surface area contributed by atoms with Crippen molar-refractivity contribution in [1.29, 1.82) is 0 Å². The molecule has 2 aliphatic rings. The first kappa shape index (κ1) is 25.3. The number of rotatable bonds is 4. The number of amides is 1. The van der Waals surface area contributed by atoms with E-state index in [1.54, 1.807) is 12.1 Å². The first-order valence-electron chi connectivity index (χ1n) is 10.6. The van der Waals surface area contributed by atoms with Gasteiger partial charge in [-0.25, -0.2) is 5.01 Å². The van der Waals surface area contributed by atoms with Crippen molar-refractivity contribution >= 4 is 68.8 Å². The molecular formula is C23H26BrCl3N4O. The van der Waals surface area contributed by atoms with Crippen LogP contribution in [0.25, 0.3) is 0 Å². The van der Waals surface area contributed by atoms with Gasteiger partial charge in [0.25, 0.3) is 5.91 Å². The highest BCUT2D eigenvalue weighted by Gasteiger charge is 2.40. The van der Waals surface area contributed by atoms with Gasteiger partial charge < -0.3 is 0 Å². The molecule has 2 aliphatic heterocycles. The number of hydrogen-bond acceptors (Lipinski definition) is 4. The van der Waals surface area contributed by atoms with Crippen molar-refractivity contribution in [3.63, 3.8) is 0 Å². The van der Waals surface area contributed by atoms with Gasteiger partial charge in [-0.1, -0.05) is 71.0 Å². The number of hydrogen-bond donors (Lipinski definition) is 1. The third kappa shape index (κ3) is 5.60. The molecular weight excluding hydrogens is 535 g/mol. The van der Waals surface area contributed by atoms with Crippen molar-refractivity contribution in [3.8, 4) is 0 Å². The number of carbonyl (C=O) groups is 1. The molecule has 1 N–H and O–H groups in total. The molecule has 2 aromatic rings. The van der Waals surface area contributed by atoms with E-state index in [0.29, 0.717) is 15.8 Å². The minimum absolute atomic E-state index is 0. The molecule has 0 spiro atoms. The van der Waals surface area contributed by atoms with Crippen molar-refractivity contribution < 1.29 is 4.79 Å². The Hall–Kier alpha value is -1.31. The maximum Gasteiger partial charge on any atom is 0.282 e. The average Bonchev–Trinajstić information content (AvgIpc) is 2.89. The van der Waals surface area contributed by atoms with Gasteiger partial charge in [0, 0.05) is 28.5 Å². The normalized spacial score (nSPS) is 21.5. The smallest absolute Gasteiger partial charge is 0.282 e. The summed E-state index contributed by atoms with van der Waals surface area (Å²) in [4.78, 5) is 13.2. The predicted octanol–water partition coefficient (Wildman–Crippen LogP) is 6.64. The van der Waals surface area contributed by atoms with Crippen LogP contribution in [0, 0.1) is 5.92 Å². The van der Waals surface area contributed by atoms with Crippen LogP contribution in [-0.4, -0.2) is 29.7 Å². The molecule has 1 saturated heterocycles. The van der Waals surface area contributed by atoms with Gasteiger partial charge in [0.15, 0.2) is 0 Å². The van der Waals surface area contributed by atoms with Crippen LogP contribution in [0.5, 0.6) is 0 Å². The molecule has 0 aromatic heterocycles. The van der Waals surface area contributed by atoms with Crippen molar-refractivity contribution in [2.45, 2.75) is 38.6 Å². The third-order valence-corrected chi connectivity index (χ3v) is 6.92. The first-order chi connectivity index (χ1) is 14.9. The number of anilines is 1. The fourth-order valence-corrected chi connectivity index (χ4v) is 4.99. The predicted molar refractivity (Wildman–Crippen MR) is 138 cm³/mol. The minimum atomic E-state index is -0.156. The summed E-state index contributed by atoms with van der Waals surface area (Å²) in [5, 5.41) is 9.71. The van der Waals surface area contributed by atoms with Gasteiger partial charge in [0.2, 0.25) is 0 Å².